The Balaban J connectivity index is 1.28. The van der Waals surface area contributed by atoms with Crippen molar-refractivity contribution in [1.29, 1.82) is 0 Å². The molecule has 1 aliphatic rings. The van der Waals surface area contributed by atoms with Gasteiger partial charge in [-0.2, -0.15) is 0 Å². The summed E-state index contributed by atoms with van der Waals surface area (Å²) in [4.78, 5) is 54.0. The minimum Gasteiger partial charge on any atom is -0.309 e. The van der Waals surface area contributed by atoms with Crippen LogP contribution in [0.1, 0.15) is 38.9 Å². The molecule has 12 bridgehead atoms. The second-order valence-electron chi connectivity index (χ2n) is 11.2. The maximum Gasteiger partial charge on any atom is 0.250 e. The lowest BCUT2D eigenvalue weighted by Crippen LogP contribution is -2.26. The van der Waals surface area contributed by atoms with Crippen molar-refractivity contribution < 1.29 is 14.4 Å². The second kappa shape index (κ2) is 14.2. The van der Waals surface area contributed by atoms with Gasteiger partial charge in [-0.05, 0) is 125 Å². The minimum absolute atomic E-state index is 0.285. The molecule has 0 aromatic carbocycles. The molecule has 0 fully saturated rings. The lowest BCUT2D eigenvalue weighted by atomic mass is 10.2. The molecular formula is C30H24I3N15O3. The van der Waals surface area contributed by atoms with Gasteiger partial charge >= 0.3 is 0 Å². The predicted octanol–water partition coefficient (Wildman–Crippen LogP) is 4.37. The fourth-order valence-electron chi connectivity index (χ4n) is 4.99. The maximum atomic E-state index is 13.4. The zero-order valence-electron chi connectivity index (χ0n) is 26.7. The average Bonchev–Trinajstić information content (AvgIpc) is 3.83. The molecule has 7 heterocycles. The normalized spacial score (nSPS) is 18.0. The van der Waals surface area contributed by atoms with E-state index in [4.69, 9.17) is 0 Å². The summed E-state index contributed by atoms with van der Waals surface area (Å²) in [5, 5.41) is 34.1. The second-order valence-corrected chi connectivity index (χ2v) is 14.3. The number of fused-ring (bicyclic) bond motifs is 15. The Bertz CT molecular complexity index is 2080. The van der Waals surface area contributed by atoms with Gasteiger partial charge in [0.05, 0.1) is 17.1 Å². The Morgan fingerprint density at radius 3 is 1.04 bits per heavy atom. The van der Waals surface area contributed by atoms with Crippen LogP contribution in [0.25, 0.3) is 34.2 Å². The Kier molecular flexibility index (Phi) is 9.74. The fraction of sp³-hybridized carbons (Fsp3) is 0.200. The first-order chi connectivity index (χ1) is 24.5. The fourth-order valence-corrected chi connectivity index (χ4v) is 7.69. The van der Waals surface area contributed by atoms with E-state index in [1.807, 2.05) is 0 Å². The quantitative estimate of drug-likeness (QED) is 0.181. The SMILES string of the molecule is C[C@@H]1C(=O)Nc2cccc(n2)-c2nnn(c2I)[C@H](C)C(=O)Nc2cccc(n2)-c2nnn(c2I)[C@H](C)C(=O)Nc2cccc(n2)-c2nnn1c2I. The summed E-state index contributed by atoms with van der Waals surface area (Å²) in [5.74, 6) is -0.307. The number of nitrogens with zero attached hydrogens (tertiary/aromatic N) is 12. The zero-order chi connectivity index (χ0) is 36.0. The monoisotopic (exact) mass is 1020 g/mol. The minimum atomic E-state index is -0.778. The summed E-state index contributed by atoms with van der Waals surface area (Å²) < 4.78 is 6.12. The van der Waals surface area contributed by atoms with Crippen molar-refractivity contribution in [3.8, 4) is 34.2 Å². The van der Waals surface area contributed by atoms with Gasteiger partial charge in [-0.3, -0.25) is 14.4 Å². The molecule has 3 atom stereocenters. The highest BCUT2D eigenvalue weighted by atomic mass is 127. The van der Waals surface area contributed by atoms with Crippen LogP contribution in [0.15, 0.2) is 54.6 Å². The van der Waals surface area contributed by atoms with Crippen molar-refractivity contribution in [1.82, 2.24) is 59.9 Å². The van der Waals surface area contributed by atoms with E-state index in [9.17, 15) is 14.4 Å². The molecular weight excluding hydrogens is 999 g/mol. The number of carbonyl (C=O) groups excluding carboxylic acids is 3. The number of hydrogen-bond acceptors (Lipinski definition) is 12. The van der Waals surface area contributed by atoms with Gasteiger partial charge in [-0.1, -0.05) is 33.8 Å². The van der Waals surface area contributed by atoms with Crippen molar-refractivity contribution in [2.24, 2.45) is 0 Å². The van der Waals surface area contributed by atoms with Crippen LogP contribution in [0.5, 0.6) is 0 Å². The number of anilines is 3. The van der Waals surface area contributed by atoms with Gasteiger partial charge in [0, 0.05) is 0 Å². The average molecular weight is 1020 g/mol. The Hall–Kier alpha value is -4.53. The highest BCUT2D eigenvalue weighted by molar-refractivity contribution is 14.1. The molecule has 7 rings (SSSR count). The third-order valence-electron chi connectivity index (χ3n) is 7.88. The molecule has 258 valence electrons. The molecule has 0 aliphatic carbocycles. The van der Waals surface area contributed by atoms with Crippen molar-refractivity contribution in [3.63, 3.8) is 0 Å². The molecule has 3 N–H and O–H groups in total. The standard InChI is InChI=1S/C30H24I3N15O3/c1-13-28(49)37-19-10-4-8-17(34-19)23-26(32)47(44-41-23)15(3)30(51)39-21-12-6-9-18(36-21)24-27(33)48(45-42-24)14(2)29(50)38-20-11-5-7-16(35-20)22-25(31)46(13)43-40-22/h4-15H,1-3H3,(H,34,37,49)(H,35,38,50)(H,36,39,51)/t13-,14-,15-/m1/s1. The van der Waals surface area contributed by atoms with Crippen molar-refractivity contribution >= 4 is 103 Å². The molecule has 0 spiro atoms. The first kappa shape index (κ1) is 34.9. The topological polar surface area (TPSA) is 218 Å². The van der Waals surface area contributed by atoms with E-state index >= 15 is 0 Å². The van der Waals surface area contributed by atoms with Gasteiger partial charge in [-0.15, -0.1) is 15.3 Å². The van der Waals surface area contributed by atoms with E-state index in [2.05, 4.69) is 130 Å². The number of pyridine rings is 3. The van der Waals surface area contributed by atoms with Crippen molar-refractivity contribution in [2.45, 2.75) is 38.9 Å². The summed E-state index contributed by atoms with van der Waals surface area (Å²) in [6.45, 7) is 5.06. The van der Waals surface area contributed by atoms with Gasteiger partial charge in [0.1, 0.15) is 63.8 Å². The lowest BCUT2D eigenvalue weighted by Gasteiger charge is -2.14. The van der Waals surface area contributed by atoms with Gasteiger partial charge < -0.3 is 16.0 Å². The molecule has 0 saturated heterocycles. The number of halogens is 3. The Morgan fingerprint density at radius 1 is 0.490 bits per heavy atom. The molecule has 18 nitrogen and oxygen atoms in total. The number of carbonyl (C=O) groups is 3. The highest BCUT2D eigenvalue weighted by Gasteiger charge is 2.27. The molecule has 3 amide bonds. The largest absolute Gasteiger partial charge is 0.309 e. The predicted molar refractivity (Wildman–Crippen MR) is 208 cm³/mol. The van der Waals surface area contributed by atoms with Gasteiger partial charge in [-0.25, -0.2) is 29.0 Å². The van der Waals surface area contributed by atoms with Gasteiger partial charge in [0.25, 0.3) is 0 Å². The molecule has 0 radical (unpaired) electrons. The molecule has 6 aromatic rings. The molecule has 0 unspecified atom stereocenters. The van der Waals surface area contributed by atoms with Crippen LogP contribution in [0.2, 0.25) is 0 Å². The number of aromatic nitrogens is 12. The number of hydrogen-bond donors (Lipinski definition) is 3. The van der Waals surface area contributed by atoms with Crippen LogP contribution < -0.4 is 16.0 Å². The Morgan fingerprint density at radius 2 is 0.765 bits per heavy atom. The van der Waals surface area contributed by atoms with Gasteiger partial charge in [0.2, 0.25) is 17.7 Å². The van der Waals surface area contributed by atoms with Crippen LogP contribution in [0.3, 0.4) is 0 Å². The highest BCUT2D eigenvalue weighted by Crippen LogP contribution is 2.29. The van der Waals surface area contributed by atoms with Crippen LogP contribution in [-0.4, -0.2) is 77.7 Å². The third-order valence-corrected chi connectivity index (χ3v) is 10.9. The smallest absolute Gasteiger partial charge is 0.250 e. The maximum absolute atomic E-state index is 13.4. The molecule has 1 aliphatic heterocycles. The van der Waals surface area contributed by atoms with Crippen LogP contribution >= 0.6 is 67.8 Å². The number of rotatable bonds is 0. The van der Waals surface area contributed by atoms with E-state index < -0.39 is 18.1 Å². The Labute approximate surface area is 329 Å². The summed E-state index contributed by atoms with van der Waals surface area (Å²) in [6.07, 6.45) is 0. The molecule has 0 saturated carbocycles. The summed E-state index contributed by atoms with van der Waals surface area (Å²) in [7, 11) is 0. The summed E-state index contributed by atoms with van der Waals surface area (Å²) in [6, 6.07) is 13.1. The first-order valence-electron chi connectivity index (χ1n) is 15.2. The van der Waals surface area contributed by atoms with E-state index in [1.165, 1.54) is 14.0 Å². The number of nitrogens with one attached hydrogen (secondary N) is 3. The lowest BCUT2D eigenvalue weighted by molar-refractivity contribution is -0.120. The van der Waals surface area contributed by atoms with E-state index in [-0.39, 0.29) is 35.2 Å². The first-order valence-corrected chi connectivity index (χ1v) is 18.4. The summed E-state index contributed by atoms with van der Waals surface area (Å²) in [5.41, 5.74) is 2.64. The van der Waals surface area contributed by atoms with Crippen LogP contribution in [-0.2, 0) is 14.4 Å². The summed E-state index contributed by atoms with van der Waals surface area (Å²) >= 11 is 6.18. The van der Waals surface area contributed by atoms with E-state index in [0.717, 1.165) is 0 Å². The number of amides is 3. The third kappa shape index (κ3) is 6.79. The van der Waals surface area contributed by atoms with Crippen molar-refractivity contribution in [2.75, 3.05) is 16.0 Å². The van der Waals surface area contributed by atoms with E-state index in [0.29, 0.717) is 45.3 Å². The molecule has 6 aromatic heterocycles. The van der Waals surface area contributed by atoms with E-state index in [1.54, 1.807) is 75.4 Å². The van der Waals surface area contributed by atoms with Crippen molar-refractivity contribution in [3.05, 3.63) is 65.7 Å². The zero-order valence-corrected chi connectivity index (χ0v) is 33.1. The molecule has 21 heteroatoms. The molecule has 51 heavy (non-hydrogen) atoms. The van der Waals surface area contributed by atoms with Crippen LogP contribution in [0.4, 0.5) is 17.5 Å². The van der Waals surface area contributed by atoms with Crippen LogP contribution in [0, 0.1) is 11.1 Å². The van der Waals surface area contributed by atoms with Gasteiger partial charge in [0.15, 0.2) is 0 Å².